The minimum atomic E-state index is 0.991. The lowest BCUT2D eigenvalue weighted by Gasteiger charge is -1.89. The molecule has 0 unspecified atom stereocenters. The SMILES string of the molecule is C1=NC2=CC=NC2=C1.c1csc(Sc2cccs2)c1. The molecule has 0 atom stereocenters. The van der Waals surface area contributed by atoms with Gasteiger partial charge >= 0.3 is 0 Å². The number of hydrogen-bond acceptors (Lipinski definition) is 5. The lowest BCUT2D eigenvalue weighted by molar-refractivity contribution is 1.33. The number of rotatable bonds is 2. The van der Waals surface area contributed by atoms with E-state index in [0.717, 1.165) is 11.4 Å². The van der Waals surface area contributed by atoms with E-state index in [1.807, 2.05) is 23.9 Å². The molecule has 0 N–H and O–H groups in total. The van der Waals surface area contributed by atoms with Crippen LogP contribution >= 0.6 is 34.4 Å². The molecule has 0 spiro atoms. The third kappa shape index (κ3) is 3.32. The van der Waals surface area contributed by atoms with Gasteiger partial charge in [0.2, 0.25) is 0 Å². The van der Waals surface area contributed by atoms with E-state index in [4.69, 9.17) is 0 Å². The summed E-state index contributed by atoms with van der Waals surface area (Å²) in [5.41, 5.74) is 1.98. The van der Waals surface area contributed by atoms with Gasteiger partial charge in [0.25, 0.3) is 0 Å². The molecule has 0 bridgehead atoms. The molecule has 0 saturated carbocycles. The molecule has 2 aliphatic heterocycles. The summed E-state index contributed by atoms with van der Waals surface area (Å²) in [6, 6.07) is 8.46. The fraction of sp³-hybridized carbons (Fsp3) is 0. The van der Waals surface area contributed by atoms with Crippen molar-refractivity contribution in [2.24, 2.45) is 9.98 Å². The first-order chi connectivity index (χ1) is 9.42. The van der Waals surface area contributed by atoms with E-state index in [1.165, 1.54) is 8.42 Å². The van der Waals surface area contributed by atoms with E-state index in [-0.39, 0.29) is 0 Å². The van der Waals surface area contributed by atoms with Crippen molar-refractivity contribution in [2.45, 2.75) is 8.42 Å². The number of allylic oxidation sites excluding steroid dienone is 2. The Hall–Kier alpha value is -1.43. The summed E-state index contributed by atoms with van der Waals surface area (Å²) in [5, 5.41) is 4.21. The maximum absolute atomic E-state index is 4.02. The highest BCUT2D eigenvalue weighted by Crippen LogP contribution is 2.33. The van der Waals surface area contributed by atoms with Crippen molar-refractivity contribution in [1.82, 2.24) is 0 Å². The van der Waals surface area contributed by atoms with Crippen LogP contribution in [0.5, 0.6) is 0 Å². The molecule has 4 rings (SSSR count). The van der Waals surface area contributed by atoms with Crippen LogP contribution in [-0.4, -0.2) is 12.4 Å². The molecule has 5 heteroatoms. The second-order valence-electron chi connectivity index (χ2n) is 3.63. The Morgan fingerprint density at radius 3 is 1.74 bits per heavy atom. The standard InChI is InChI=1S/C8H6S3.C6H4N2/c1-3-7(9-5-1)11-8-4-2-6-10-8;1-3-7-6-2-4-8-5(1)6/h1-6H;1-4H. The number of hydrogen-bond donors (Lipinski definition) is 0. The fourth-order valence-electron chi connectivity index (χ4n) is 1.51. The van der Waals surface area contributed by atoms with E-state index in [9.17, 15) is 0 Å². The highest BCUT2D eigenvalue weighted by atomic mass is 32.2. The number of aliphatic imine (C=N–C) groups is 2. The topological polar surface area (TPSA) is 24.7 Å². The van der Waals surface area contributed by atoms with Gasteiger partial charge in [-0.25, -0.2) is 0 Å². The average molecular weight is 302 g/mol. The molecule has 4 heterocycles. The molecule has 0 fully saturated rings. The predicted octanol–water partition coefficient (Wildman–Crippen LogP) is 4.88. The molecule has 19 heavy (non-hydrogen) atoms. The Labute approximate surface area is 123 Å². The van der Waals surface area contributed by atoms with E-state index < -0.39 is 0 Å². The summed E-state index contributed by atoms with van der Waals surface area (Å²) in [5.74, 6) is 0. The van der Waals surface area contributed by atoms with Gasteiger partial charge in [-0.1, -0.05) is 23.9 Å². The molecule has 2 aliphatic rings. The third-order valence-corrected chi connectivity index (χ3v) is 5.42. The Morgan fingerprint density at radius 2 is 1.32 bits per heavy atom. The molecule has 0 aromatic carbocycles. The largest absolute Gasteiger partial charge is 0.254 e. The zero-order chi connectivity index (χ0) is 12.9. The van der Waals surface area contributed by atoms with Gasteiger partial charge in [-0.3, -0.25) is 9.98 Å². The maximum atomic E-state index is 4.02. The minimum Gasteiger partial charge on any atom is -0.254 e. The van der Waals surface area contributed by atoms with Gasteiger partial charge in [-0.2, -0.15) is 0 Å². The van der Waals surface area contributed by atoms with Crippen molar-refractivity contribution < 1.29 is 0 Å². The van der Waals surface area contributed by atoms with Crippen LogP contribution in [0.2, 0.25) is 0 Å². The molecule has 2 nitrogen and oxygen atoms in total. The fourth-order valence-corrected chi connectivity index (χ4v) is 4.31. The molecule has 0 amide bonds. The predicted molar refractivity (Wildman–Crippen MR) is 85.9 cm³/mol. The molecule has 0 aliphatic carbocycles. The summed E-state index contributed by atoms with van der Waals surface area (Å²) in [7, 11) is 0. The third-order valence-electron chi connectivity index (χ3n) is 2.35. The van der Waals surface area contributed by atoms with Gasteiger partial charge in [0, 0.05) is 12.4 Å². The Kier molecular flexibility index (Phi) is 4.07. The van der Waals surface area contributed by atoms with Crippen LogP contribution in [0.4, 0.5) is 0 Å². The van der Waals surface area contributed by atoms with Crippen LogP contribution in [0.15, 0.2) is 77.0 Å². The molecule has 0 saturated heterocycles. The number of thiophene rings is 2. The maximum Gasteiger partial charge on any atom is 0.0901 e. The Morgan fingerprint density at radius 1 is 0.789 bits per heavy atom. The molecule has 94 valence electrons. The average Bonchev–Trinajstić information content (AvgIpc) is 3.17. The van der Waals surface area contributed by atoms with Crippen LogP contribution in [0.25, 0.3) is 0 Å². The van der Waals surface area contributed by atoms with Crippen molar-refractivity contribution in [1.29, 1.82) is 0 Å². The highest BCUT2D eigenvalue weighted by Gasteiger charge is 2.07. The first-order valence-electron chi connectivity index (χ1n) is 5.66. The second kappa shape index (κ2) is 6.14. The summed E-state index contributed by atoms with van der Waals surface area (Å²) in [6.45, 7) is 0. The lowest BCUT2D eigenvalue weighted by atomic mass is 10.4. The number of fused-ring (bicyclic) bond motifs is 1. The molecular weight excluding hydrogens is 292 g/mol. The normalized spacial score (nSPS) is 14.7. The van der Waals surface area contributed by atoms with Crippen LogP contribution in [0.1, 0.15) is 0 Å². The minimum absolute atomic E-state index is 0.991. The first kappa shape index (κ1) is 12.6. The summed E-state index contributed by atoms with van der Waals surface area (Å²) in [6.07, 6.45) is 7.32. The van der Waals surface area contributed by atoms with Gasteiger partial charge in [0.05, 0.1) is 19.8 Å². The second-order valence-corrected chi connectivity index (χ2v) is 7.12. The van der Waals surface area contributed by atoms with Crippen molar-refractivity contribution in [3.8, 4) is 0 Å². The first-order valence-corrected chi connectivity index (χ1v) is 8.23. The Bertz CT molecular complexity index is 589. The summed E-state index contributed by atoms with van der Waals surface area (Å²) in [4.78, 5) is 8.03. The molecule has 2 aromatic heterocycles. The van der Waals surface area contributed by atoms with Crippen molar-refractivity contribution in [2.75, 3.05) is 0 Å². The van der Waals surface area contributed by atoms with Crippen molar-refractivity contribution >= 4 is 46.9 Å². The zero-order valence-corrected chi connectivity index (χ0v) is 12.3. The van der Waals surface area contributed by atoms with Crippen molar-refractivity contribution in [3.05, 3.63) is 58.6 Å². The van der Waals surface area contributed by atoms with E-state index in [0.29, 0.717) is 0 Å². The molecular formula is C14H10N2S3. The summed E-state index contributed by atoms with van der Waals surface area (Å²) >= 11 is 5.42. The van der Waals surface area contributed by atoms with E-state index >= 15 is 0 Å². The van der Waals surface area contributed by atoms with Crippen LogP contribution in [0, 0.1) is 0 Å². The van der Waals surface area contributed by atoms with Gasteiger partial charge in [0.15, 0.2) is 0 Å². The van der Waals surface area contributed by atoms with Gasteiger partial charge in [0.1, 0.15) is 0 Å². The van der Waals surface area contributed by atoms with Crippen LogP contribution in [0.3, 0.4) is 0 Å². The lowest BCUT2D eigenvalue weighted by Crippen LogP contribution is -1.66. The van der Waals surface area contributed by atoms with Crippen LogP contribution in [-0.2, 0) is 0 Å². The number of nitrogens with zero attached hydrogens (tertiary/aromatic N) is 2. The highest BCUT2D eigenvalue weighted by molar-refractivity contribution is 8.02. The molecule has 0 radical (unpaired) electrons. The molecule has 2 aromatic rings. The van der Waals surface area contributed by atoms with Gasteiger partial charge in [-0.05, 0) is 35.0 Å². The van der Waals surface area contributed by atoms with Gasteiger partial charge < -0.3 is 0 Å². The van der Waals surface area contributed by atoms with E-state index in [1.54, 1.807) is 35.1 Å². The Balaban J connectivity index is 0.000000122. The monoisotopic (exact) mass is 302 g/mol. The summed E-state index contributed by atoms with van der Waals surface area (Å²) < 4.78 is 2.74. The smallest absolute Gasteiger partial charge is 0.0901 e. The van der Waals surface area contributed by atoms with Crippen molar-refractivity contribution in [3.63, 3.8) is 0 Å². The zero-order valence-electron chi connectivity index (χ0n) is 9.89. The van der Waals surface area contributed by atoms with E-state index in [2.05, 4.69) is 45.0 Å². The van der Waals surface area contributed by atoms with Gasteiger partial charge in [-0.15, -0.1) is 22.7 Å². The van der Waals surface area contributed by atoms with Crippen LogP contribution < -0.4 is 0 Å². The quantitative estimate of drug-likeness (QED) is 0.775.